The number of nitrogens with zero attached hydrogens (tertiary/aromatic N) is 1. The molecule has 0 radical (unpaired) electrons. The Morgan fingerprint density at radius 3 is 2.17 bits per heavy atom. The number of aromatic nitrogens is 1. The first kappa shape index (κ1) is 21.3. The molecule has 0 saturated carbocycles. The van der Waals surface area contributed by atoms with E-state index in [2.05, 4.69) is 4.98 Å². The second-order valence-corrected chi connectivity index (χ2v) is 5.08. The van der Waals surface area contributed by atoms with E-state index in [0.29, 0.717) is 5.69 Å². The molecular formula is C20H28ClNO. The molecule has 3 heteroatoms. The molecule has 0 aliphatic carbocycles. The lowest BCUT2D eigenvalue weighted by Gasteiger charge is -2.08. The van der Waals surface area contributed by atoms with Crippen LogP contribution in [0.15, 0.2) is 36.5 Å². The van der Waals surface area contributed by atoms with Crippen molar-refractivity contribution in [1.29, 1.82) is 0 Å². The average molecular weight is 334 g/mol. The Hall–Kier alpha value is -1.67. The Morgan fingerprint density at radius 2 is 1.61 bits per heavy atom. The van der Waals surface area contributed by atoms with Gasteiger partial charge in [0.2, 0.25) is 0 Å². The summed E-state index contributed by atoms with van der Waals surface area (Å²) in [6.45, 7) is 11.5. The van der Waals surface area contributed by atoms with Gasteiger partial charge in [0.1, 0.15) is 5.69 Å². The van der Waals surface area contributed by atoms with Gasteiger partial charge in [0.25, 0.3) is 0 Å². The number of hydrogen-bond donors (Lipinski definition) is 0. The van der Waals surface area contributed by atoms with Crippen molar-refractivity contribution < 1.29 is 4.79 Å². The molecule has 0 aliphatic rings. The fourth-order valence-corrected chi connectivity index (χ4v) is 2.34. The number of carbonyl (C=O) groups excluding carboxylic acids is 1. The Bertz CT molecular complexity index is 608. The normalized spacial score (nSPS) is 9.17. The lowest BCUT2D eigenvalue weighted by Crippen LogP contribution is -2.05. The van der Waals surface area contributed by atoms with Gasteiger partial charge in [0, 0.05) is 18.1 Å². The number of hydrogen-bond acceptors (Lipinski definition) is 2. The molecule has 0 atom stereocenters. The maximum Gasteiger partial charge on any atom is 0.178 e. The SMILES string of the molecule is CC.CC.CC(=O)c1ncc(C)cc1CCc1ccccc1Cl. The van der Waals surface area contributed by atoms with Crippen LogP contribution in [0.25, 0.3) is 0 Å². The molecule has 0 fully saturated rings. The highest BCUT2D eigenvalue weighted by Crippen LogP contribution is 2.19. The van der Waals surface area contributed by atoms with Gasteiger partial charge < -0.3 is 0 Å². The molecule has 0 unspecified atom stereocenters. The van der Waals surface area contributed by atoms with E-state index in [1.807, 2.05) is 65.0 Å². The van der Waals surface area contributed by atoms with Gasteiger partial charge in [0.05, 0.1) is 0 Å². The molecule has 0 spiro atoms. The Balaban J connectivity index is 0.00000112. The predicted molar refractivity (Wildman–Crippen MR) is 101 cm³/mol. The largest absolute Gasteiger partial charge is 0.293 e. The van der Waals surface area contributed by atoms with Crippen molar-refractivity contribution in [3.8, 4) is 0 Å². The van der Waals surface area contributed by atoms with Crippen LogP contribution in [0.4, 0.5) is 0 Å². The van der Waals surface area contributed by atoms with Gasteiger partial charge in [0.15, 0.2) is 5.78 Å². The van der Waals surface area contributed by atoms with E-state index >= 15 is 0 Å². The van der Waals surface area contributed by atoms with Gasteiger partial charge in [-0.1, -0.05) is 63.6 Å². The topological polar surface area (TPSA) is 30.0 Å². The van der Waals surface area contributed by atoms with Crippen LogP contribution in [0.1, 0.15) is 61.8 Å². The molecule has 1 aromatic heterocycles. The zero-order valence-electron chi connectivity index (χ0n) is 15.1. The fourth-order valence-electron chi connectivity index (χ4n) is 2.11. The summed E-state index contributed by atoms with van der Waals surface area (Å²) in [5.74, 6) is 0.00848. The van der Waals surface area contributed by atoms with Gasteiger partial charge in [-0.15, -0.1) is 0 Å². The van der Waals surface area contributed by atoms with E-state index in [-0.39, 0.29) is 5.78 Å². The minimum atomic E-state index is 0.00848. The zero-order valence-corrected chi connectivity index (χ0v) is 15.9. The van der Waals surface area contributed by atoms with Crippen molar-refractivity contribution in [2.75, 3.05) is 0 Å². The van der Waals surface area contributed by atoms with Crippen LogP contribution in [-0.2, 0) is 12.8 Å². The van der Waals surface area contributed by atoms with Gasteiger partial charge in [-0.3, -0.25) is 9.78 Å². The highest BCUT2D eigenvalue weighted by molar-refractivity contribution is 6.31. The van der Waals surface area contributed by atoms with E-state index in [4.69, 9.17) is 11.6 Å². The third kappa shape index (κ3) is 6.96. The lowest BCUT2D eigenvalue weighted by molar-refractivity contribution is 0.101. The van der Waals surface area contributed by atoms with Crippen molar-refractivity contribution in [2.24, 2.45) is 0 Å². The maximum atomic E-state index is 11.6. The quantitative estimate of drug-likeness (QED) is 0.634. The molecule has 2 rings (SSSR count). The summed E-state index contributed by atoms with van der Waals surface area (Å²) in [5.41, 5.74) is 3.73. The van der Waals surface area contributed by atoms with Crippen molar-refractivity contribution >= 4 is 17.4 Å². The summed E-state index contributed by atoms with van der Waals surface area (Å²) in [4.78, 5) is 15.8. The summed E-state index contributed by atoms with van der Waals surface area (Å²) in [6.07, 6.45) is 3.31. The van der Waals surface area contributed by atoms with E-state index in [1.54, 1.807) is 13.1 Å². The summed E-state index contributed by atoms with van der Waals surface area (Å²) in [5, 5.41) is 0.771. The molecule has 2 nitrogen and oxygen atoms in total. The number of benzene rings is 1. The van der Waals surface area contributed by atoms with Crippen LogP contribution < -0.4 is 0 Å². The van der Waals surface area contributed by atoms with Crippen LogP contribution in [0.5, 0.6) is 0 Å². The number of carbonyl (C=O) groups is 1. The van der Waals surface area contributed by atoms with E-state index in [9.17, 15) is 4.79 Å². The second-order valence-electron chi connectivity index (χ2n) is 4.67. The van der Waals surface area contributed by atoms with Crippen LogP contribution >= 0.6 is 11.6 Å². The molecule has 1 heterocycles. The number of pyridine rings is 1. The maximum absolute atomic E-state index is 11.6. The van der Waals surface area contributed by atoms with Crippen molar-refractivity contribution in [2.45, 2.75) is 54.4 Å². The van der Waals surface area contributed by atoms with E-state index < -0.39 is 0 Å². The van der Waals surface area contributed by atoms with E-state index in [0.717, 1.165) is 34.6 Å². The van der Waals surface area contributed by atoms with Gasteiger partial charge >= 0.3 is 0 Å². The van der Waals surface area contributed by atoms with Gasteiger partial charge in [-0.25, -0.2) is 0 Å². The third-order valence-corrected chi connectivity index (χ3v) is 3.43. The number of aryl methyl sites for hydroxylation is 3. The number of ketones is 1. The average Bonchev–Trinajstić information content (AvgIpc) is 2.57. The molecule has 0 saturated heterocycles. The Morgan fingerprint density at radius 1 is 1.04 bits per heavy atom. The first-order chi connectivity index (χ1) is 11.1. The molecule has 0 bridgehead atoms. The summed E-state index contributed by atoms with van der Waals surface area (Å²) in [7, 11) is 0. The van der Waals surface area contributed by atoms with Crippen LogP contribution in [-0.4, -0.2) is 10.8 Å². The summed E-state index contributed by atoms with van der Waals surface area (Å²) >= 11 is 6.14. The van der Waals surface area contributed by atoms with Gasteiger partial charge in [-0.05, 0) is 42.5 Å². The van der Waals surface area contributed by atoms with Crippen molar-refractivity contribution in [3.63, 3.8) is 0 Å². The molecular weight excluding hydrogens is 306 g/mol. The minimum absolute atomic E-state index is 0.00848. The monoisotopic (exact) mass is 333 g/mol. The van der Waals surface area contributed by atoms with Crippen LogP contribution in [0.3, 0.4) is 0 Å². The zero-order chi connectivity index (χ0) is 17.8. The lowest BCUT2D eigenvalue weighted by atomic mass is 10.0. The predicted octanol–water partition coefficient (Wildman–Crippen LogP) is 6.08. The molecule has 0 amide bonds. The molecule has 2 aromatic rings. The molecule has 0 N–H and O–H groups in total. The van der Waals surface area contributed by atoms with Crippen molar-refractivity contribution in [3.05, 3.63) is 63.9 Å². The molecule has 1 aromatic carbocycles. The van der Waals surface area contributed by atoms with Crippen LogP contribution in [0.2, 0.25) is 5.02 Å². The first-order valence-corrected chi connectivity index (χ1v) is 8.65. The van der Waals surface area contributed by atoms with Crippen molar-refractivity contribution in [1.82, 2.24) is 4.98 Å². The molecule has 23 heavy (non-hydrogen) atoms. The smallest absolute Gasteiger partial charge is 0.178 e. The highest BCUT2D eigenvalue weighted by Gasteiger charge is 2.10. The highest BCUT2D eigenvalue weighted by atomic mass is 35.5. The number of rotatable bonds is 4. The standard InChI is InChI=1S/C16H16ClNO.2C2H6/c1-11-9-14(16(12(2)19)18-10-11)8-7-13-5-3-4-6-15(13)17;2*1-2/h3-6,9-10H,7-8H2,1-2H3;2*1-2H3. The summed E-state index contributed by atoms with van der Waals surface area (Å²) in [6, 6.07) is 9.82. The number of Topliss-reactive ketones (excluding diaryl/α,β-unsaturated/α-hetero) is 1. The third-order valence-electron chi connectivity index (χ3n) is 3.06. The fraction of sp³-hybridized carbons (Fsp3) is 0.400. The van der Waals surface area contributed by atoms with Crippen LogP contribution in [0, 0.1) is 6.92 Å². The molecule has 126 valence electrons. The first-order valence-electron chi connectivity index (χ1n) is 8.28. The van der Waals surface area contributed by atoms with E-state index in [1.165, 1.54) is 0 Å². The Labute approximate surface area is 145 Å². The molecule has 0 aliphatic heterocycles. The summed E-state index contributed by atoms with van der Waals surface area (Å²) < 4.78 is 0. The van der Waals surface area contributed by atoms with Gasteiger partial charge in [-0.2, -0.15) is 0 Å². The minimum Gasteiger partial charge on any atom is -0.293 e. The second kappa shape index (κ2) is 11.8. The Kier molecular flexibility index (Phi) is 11.0. The number of halogens is 1.